The lowest BCUT2D eigenvalue weighted by Gasteiger charge is -2.09. The van der Waals surface area contributed by atoms with Crippen molar-refractivity contribution in [1.82, 2.24) is 9.55 Å². The molecular weight excluding hydrogens is 348 g/mol. The zero-order chi connectivity index (χ0) is 19.8. The van der Waals surface area contributed by atoms with Gasteiger partial charge in [-0.2, -0.15) is 0 Å². The minimum Gasteiger partial charge on any atom is -0.298 e. The predicted molar refractivity (Wildman–Crippen MR) is 110 cm³/mol. The average molecular weight is 370 g/mol. The van der Waals surface area contributed by atoms with E-state index >= 15 is 0 Å². The third-order valence-electron chi connectivity index (χ3n) is 4.34. The van der Waals surface area contributed by atoms with Crippen LogP contribution < -0.4 is 5.56 Å². The second-order valence-corrected chi connectivity index (χ2v) is 6.64. The number of ketones is 1. The van der Waals surface area contributed by atoms with Crippen LogP contribution in [0.25, 0.3) is 0 Å². The highest BCUT2D eigenvalue weighted by Crippen LogP contribution is 2.06. The Morgan fingerprint density at radius 1 is 0.964 bits per heavy atom. The van der Waals surface area contributed by atoms with E-state index in [0.29, 0.717) is 17.8 Å². The van der Waals surface area contributed by atoms with Gasteiger partial charge in [-0.25, -0.2) is 0 Å². The van der Waals surface area contributed by atoms with Crippen LogP contribution in [0.4, 0.5) is 0 Å². The zero-order valence-corrected chi connectivity index (χ0v) is 15.9. The summed E-state index contributed by atoms with van der Waals surface area (Å²) in [5.74, 6) is 5.92. The summed E-state index contributed by atoms with van der Waals surface area (Å²) in [6.45, 7) is 1.47. The molecule has 0 fully saturated rings. The van der Waals surface area contributed by atoms with Gasteiger partial charge in [0.25, 0.3) is 5.56 Å². The van der Waals surface area contributed by atoms with Gasteiger partial charge < -0.3 is 0 Å². The number of benzene rings is 2. The van der Waals surface area contributed by atoms with Crippen LogP contribution in [0.15, 0.2) is 71.7 Å². The van der Waals surface area contributed by atoms with Gasteiger partial charge in [0.1, 0.15) is 17.2 Å². The van der Waals surface area contributed by atoms with Gasteiger partial charge in [-0.15, -0.1) is 0 Å². The first kappa shape index (κ1) is 19.3. The lowest BCUT2D eigenvalue weighted by atomic mass is 10.1. The van der Waals surface area contributed by atoms with Crippen molar-refractivity contribution in [3.63, 3.8) is 0 Å². The van der Waals surface area contributed by atoms with E-state index in [2.05, 4.69) is 29.0 Å². The lowest BCUT2D eigenvalue weighted by molar-refractivity contribution is -0.117. The van der Waals surface area contributed by atoms with E-state index < -0.39 is 0 Å². The number of aromatic nitrogens is 2. The van der Waals surface area contributed by atoms with Gasteiger partial charge in [0, 0.05) is 5.56 Å². The molecule has 1 aromatic heterocycles. The van der Waals surface area contributed by atoms with Gasteiger partial charge >= 0.3 is 0 Å². The number of nitrogens with zero attached hydrogens (tertiary/aromatic N) is 2. The molecule has 0 saturated carbocycles. The summed E-state index contributed by atoms with van der Waals surface area (Å²) in [5.41, 5.74) is 2.77. The van der Waals surface area contributed by atoms with E-state index in [-0.39, 0.29) is 17.9 Å². The summed E-state index contributed by atoms with van der Waals surface area (Å²) in [6, 6.07) is 19.7. The molecule has 2 aromatic carbocycles. The fraction of sp³-hybridized carbons (Fsp3) is 0.208. The maximum absolute atomic E-state index is 12.9. The summed E-state index contributed by atoms with van der Waals surface area (Å²) in [6.07, 6.45) is 3.86. The van der Waals surface area contributed by atoms with Crippen LogP contribution in [0.1, 0.15) is 35.9 Å². The molecule has 0 aliphatic heterocycles. The van der Waals surface area contributed by atoms with Gasteiger partial charge in [-0.3, -0.25) is 19.1 Å². The van der Waals surface area contributed by atoms with Gasteiger partial charge in [0.15, 0.2) is 0 Å². The van der Waals surface area contributed by atoms with Gasteiger partial charge in [0.2, 0.25) is 0 Å². The third kappa shape index (κ3) is 5.28. The van der Waals surface area contributed by atoms with Gasteiger partial charge in [0.05, 0.1) is 12.7 Å². The Bertz CT molecular complexity index is 1060. The molecule has 0 N–H and O–H groups in total. The molecule has 0 amide bonds. The van der Waals surface area contributed by atoms with E-state index in [1.165, 1.54) is 17.1 Å². The highest BCUT2D eigenvalue weighted by atomic mass is 16.1. The van der Waals surface area contributed by atoms with Crippen molar-refractivity contribution >= 4 is 5.78 Å². The first-order chi connectivity index (χ1) is 13.6. The summed E-state index contributed by atoms with van der Waals surface area (Å²) in [7, 11) is 0. The lowest BCUT2D eigenvalue weighted by Crippen LogP contribution is -2.29. The van der Waals surface area contributed by atoms with E-state index in [9.17, 15) is 9.59 Å². The number of carbonyl (C=O) groups excluding carboxylic acids is 1. The van der Waals surface area contributed by atoms with Crippen LogP contribution in [0.5, 0.6) is 0 Å². The fourth-order valence-corrected chi connectivity index (χ4v) is 2.94. The van der Waals surface area contributed by atoms with Gasteiger partial charge in [-0.1, -0.05) is 54.5 Å². The first-order valence-electron chi connectivity index (χ1n) is 9.32. The maximum atomic E-state index is 12.9. The molecule has 4 nitrogen and oxygen atoms in total. The average Bonchev–Trinajstić information content (AvgIpc) is 2.71. The molecular formula is C24H22N2O2. The smallest absolute Gasteiger partial charge is 0.273 e. The minimum absolute atomic E-state index is 0.00580. The molecule has 0 bridgehead atoms. The van der Waals surface area contributed by atoms with Crippen LogP contribution in [-0.4, -0.2) is 15.3 Å². The van der Waals surface area contributed by atoms with E-state index in [4.69, 9.17) is 0 Å². The maximum Gasteiger partial charge on any atom is 0.273 e. The second-order valence-electron chi connectivity index (χ2n) is 6.64. The Balaban J connectivity index is 1.82. The number of hydrogen-bond acceptors (Lipinski definition) is 3. The SMILES string of the molecule is CC(=O)Cn1c(C#Cc2ccccc2)cnc(CCCc2ccccc2)c1=O. The second kappa shape index (κ2) is 9.48. The number of carbonyl (C=O) groups is 1. The number of Topliss-reactive ketones (excluding diaryl/α,β-unsaturated/α-hetero) is 1. The van der Waals surface area contributed by atoms with Crippen molar-refractivity contribution in [1.29, 1.82) is 0 Å². The summed E-state index contributed by atoms with van der Waals surface area (Å²) >= 11 is 0. The van der Waals surface area contributed by atoms with Crippen LogP contribution >= 0.6 is 0 Å². The molecule has 0 unspecified atom stereocenters. The molecule has 3 aromatic rings. The van der Waals surface area contributed by atoms with E-state index in [1.807, 2.05) is 48.5 Å². The number of hydrogen-bond donors (Lipinski definition) is 0. The summed E-state index contributed by atoms with van der Waals surface area (Å²) in [4.78, 5) is 28.9. The molecule has 0 saturated heterocycles. The monoisotopic (exact) mass is 370 g/mol. The van der Waals surface area contributed by atoms with Crippen molar-refractivity contribution < 1.29 is 4.79 Å². The molecule has 28 heavy (non-hydrogen) atoms. The van der Waals surface area contributed by atoms with Crippen molar-refractivity contribution in [2.45, 2.75) is 32.7 Å². The van der Waals surface area contributed by atoms with Crippen LogP contribution in [0.3, 0.4) is 0 Å². The Morgan fingerprint density at radius 3 is 2.32 bits per heavy atom. The molecule has 140 valence electrons. The van der Waals surface area contributed by atoms with Crippen LogP contribution in [0, 0.1) is 11.8 Å². The quantitative estimate of drug-likeness (QED) is 0.625. The van der Waals surface area contributed by atoms with Crippen molar-refractivity contribution in [3.05, 3.63) is 99.7 Å². The normalized spacial score (nSPS) is 10.2. The number of aryl methyl sites for hydroxylation is 2. The highest BCUT2D eigenvalue weighted by molar-refractivity contribution is 5.75. The van der Waals surface area contributed by atoms with Gasteiger partial charge in [-0.05, 0) is 49.8 Å². The molecule has 4 heteroatoms. The Morgan fingerprint density at radius 2 is 1.64 bits per heavy atom. The first-order valence-corrected chi connectivity index (χ1v) is 9.32. The summed E-state index contributed by atoms with van der Waals surface area (Å²) < 4.78 is 1.43. The Labute approximate surface area is 164 Å². The molecule has 0 aliphatic rings. The molecule has 1 heterocycles. The molecule has 0 aliphatic carbocycles. The molecule has 0 radical (unpaired) electrons. The van der Waals surface area contributed by atoms with Crippen molar-refractivity contribution in [2.75, 3.05) is 0 Å². The van der Waals surface area contributed by atoms with Crippen molar-refractivity contribution in [2.24, 2.45) is 0 Å². The fourth-order valence-electron chi connectivity index (χ4n) is 2.94. The molecule has 0 spiro atoms. The molecule has 0 atom stereocenters. The van der Waals surface area contributed by atoms with E-state index in [0.717, 1.165) is 18.4 Å². The molecule has 3 rings (SSSR count). The Hall–Kier alpha value is -3.45. The van der Waals surface area contributed by atoms with E-state index in [1.54, 1.807) is 6.20 Å². The summed E-state index contributed by atoms with van der Waals surface area (Å²) in [5, 5.41) is 0. The van der Waals surface area contributed by atoms with Crippen LogP contribution in [-0.2, 0) is 24.2 Å². The Kier molecular flexibility index (Phi) is 6.54. The number of rotatable bonds is 6. The van der Waals surface area contributed by atoms with Crippen LogP contribution in [0.2, 0.25) is 0 Å². The largest absolute Gasteiger partial charge is 0.298 e. The van der Waals surface area contributed by atoms with Crippen molar-refractivity contribution in [3.8, 4) is 11.8 Å². The third-order valence-corrected chi connectivity index (χ3v) is 4.34. The standard InChI is InChI=1S/C24H22N2O2/c1-19(27)18-26-22(16-15-21-11-6-3-7-12-21)17-25-23(24(26)28)14-8-13-20-9-4-2-5-10-20/h2-7,9-12,17H,8,13-14,18H2,1H3. The topological polar surface area (TPSA) is 52.0 Å². The predicted octanol–water partition coefficient (Wildman–Crippen LogP) is 3.41. The minimum atomic E-state index is -0.233. The highest BCUT2D eigenvalue weighted by Gasteiger charge is 2.11. The zero-order valence-electron chi connectivity index (χ0n) is 15.9.